The van der Waals surface area contributed by atoms with Crippen LogP contribution in [0.3, 0.4) is 0 Å². The number of benzene rings is 2. The molecule has 1 aliphatic rings. The quantitative estimate of drug-likeness (QED) is 0.845. The fraction of sp³-hybridized carbons (Fsp3) is 0.316. The molecule has 3 rings (SSSR count). The van der Waals surface area contributed by atoms with Crippen molar-refractivity contribution in [3.05, 3.63) is 71.8 Å². The molecule has 1 saturated carbocycles. The fourth-order valence-electron chi connectivity index (χ4n) is 3.22. The first-order valence-electron chi connectivity index (χ1n) is 8.00. The van der Waals surface area contributed by atoms with Gasteiger partial charge in [-0.2, -0.15) is 0 Å². The molecule has 1 amide bonds. The van der Waals surface area contributed by atoms with Crippen molar-refractivity contribution < 1.29 is 4.79 Å². The van der Waals surface area contributed by atoms with Crippen molar-refractivity contribution in [2.24, 2.45) is 0 Å². The van der Waals surface area contributed by atoms with Gasteiger partial charge in [0.15, 0.2) is 0 Å². The zero-order chi connectivity index (χ0) is 15.2. The van der Waals surface area contributed by atoms with E-state index in [0.29, 0.717) is 17.5 Å². The average molecular weight is 294 g/mol. The average Bonchev–Trinajstić information content (AvgIpc) is 2.61. The van der Waals surface area contributed by atoms with E-state index in [1.54, 1.807) is 0 Å². The van der Waals surface area contributed by atoms with E-state index >= 15 is 0 Å². The summed E-state index contributed by atoms with van der Waals surface area (Å²) in [6.07, 6.45) is 4.73. The molecule has 0 spiro atoms. The SMILES string of the molecule is O=C(NN[C@@H]1CCCC[C@H]1c1ccccc1)c1ccccc1. The van der Waals surface area contributed by atoms with Gasteiger partial charge in [-0.1, -0.05) is 61.4 Å². The summed E-state index contributed by atoms with van der Waals surface area (Å²) < 4.78 is 0. The lowest BCUT2D eigenvalue weighted by Gasteiger charge is -2.32. The minimum Gasteiger partial charge on any atom is -0.287 e. The molecule has 0 bridgehead atoms. The summed E-state index contributed by atoms with van der Waals surface area (Å²) in [5, 5.41) is 0. The molecule has 1 aliphatic carbocycles. The third kappa shape index (κ3) is 3.55. The minimum atomic E-state index is -0.0713. The summed E-state index contributed by atoms with van der Waals surface area (Å²) in [6.45, 7) is 0. The maximum atomic E-state index is 12.2. The van der Waals surface area contributed by atoms with Crippen molar-refractivity contribution in [2.45, 2.75) is 37.6 Å². The predicted octanol–water partition coefficient (Wildman–Crippen LogP) is 3.65. The summed E-state index contributed by atoms with van der Waals surface area (Å²) in [5.74, 6) is 0.393. The van der Waals surface area contributed by atoms with Crippen LogP contribution < -0.4 is 10.9 Å². The normalized spacial score (nSPS) is 21.3. The molecule has 3 nitrogen and oxygen atoms in total. The van der Waals surface area contributed by atoms with E-state index in [0.717, 1.165) is 6.42 Å². The van der Waals surface area contributed by atoms with Gasteiger partial charge in [0.1, 0.15) is 0 Å². The molecule has 0 unspecified atom stereocenters. The van der Waals surface area contributed by atoms with Crippen molar-refractivity contribution in [1.29, 1.82) is 0 Å². The van der Waals surface area contributed by atoms with E-state index in [-0.39, 0.29) is 5.91 Å². The first-order chi connectivity index (χ1) is 10.8. The molecule has 2 N–H and O–H groups in total. The molecule has 0 heterocycles. The van der Waals surface area contributed by atoms with Crippen LogP contribution in [0.4, 0.5) is 0 Å². The van der Waals surface area contributed by atoms with Gasteiger partial charge in [0.2, 0.25) is 0 Å². The topological polar surface area (TPSA) is 41.1 Å². The highest BCUT2D eigenvalue weighted by Crippen LogP contribution is 2.32. The highest BCUT2D eigenvalue weighted by molar-refractivity contribution is 5.93. The molecule has 0 radical (unpaired) electrons. The summed E-state index contributed by atoms with van der Waals surface area (Å²) in [7, 11) is 0. The van der Waals surface area contributed by atoms with Crippen LogP contribution >= 0.6 is 0 Å². The zero-order valence-corrected chi connectivity index (χ0v) is 12.7. The molecule has 0 aliphatic heterocycles. The molecular formula is C19H22N2O. The maximum absolute atomic E-state index is 12.2. The van der Waals surface area contributed by atoms with Gasteiger partial charge >= 0.3 is 0 Å². The Kier molecular flexibility index (Phi) is 4.86. The Balaban J connectivity index is 1.64. The smallest absolute Gasteiger partial charge is 0.265 e. The third-order valence-electron chi connectivity index (χ3n) is 4.40. The lowest BCUT2D eigenvalue weighted by atomic mass is 9.80. The molecule has 0 aromatic heterocycles. The molecule has 2 atom stereocenters. The second kappa shape index (κ2) is 7.23. The van der Waals surface area contributed by atoms with Gasteiger partial charge in [0.05, 0.1) is 0 Å². The Hall–Kier alpha value is -2.13. The Labute approximate surface area is 131 Å². The maximum Gasteiger partial charge on any atom is 0.265 e. The van der Waals surface area contributed by atoms with Crippen LogP contribution in [0.15, 0.2) is 60.7 Å². The zero-order valence-electron chi connectivity index (χ0n) is 12.7. The van der Waals surface area contributed by atoms with Gasteiger partial charge < -0.3 is 0 Å². The lowest BCUT2D eigenvalue weighted by molar-refractivity contribution is 0.0916. The van der Waals surface area contributed by atoms with E-state index in [1.165, 1.54) is 24.8 Å². The number of carbonyl (C=O) groups excluding carboxylic acids is 1. The van der Waals surface area contributed by atoms with Crippen molar-refractivity contribution >= 4 is 5.91 Å². The number of hydrogen-bond donors (Lipinski definition) is 2. The van der Waals surface area contributed by atoms with E-state index in [9.17, 15) is 4.79 Å². The lowest BCUT2D eigenvalue weighted by Crippen LogP contribution is -2.48. The van der Waals surface area contributed by atoms with Crippen LogP contribution in [-0.2, 0) is 0 Å². The van der Waals surface area contributed by atoms with Crippen LogP contribution in [0, 0.1) is 0 Å². The highest BCUT2D eigenvalue weighted by atomic mass is 16.2. The second-order valence-corrected chi connectivity index (χ2v) is 5.87. The minimum absolute atomic E-state index is 0.0713. The van der Waals surface area contributed by atoms with Crippen molar-refractivity contribution in [1.82, 2.24) is 10.9 Å². The molecule has 0 saturated heterocycles. The standard InChI is InChI=1S/C19H22N2O/c22-19(16-11-5-2-6-12-16)21-20-18-14-8-7-13-17(18)15-9-3-1-4-10-15/h1-6,9-12,17-18,20H,7-8,13-14H2,(H,21,22)/t17-,18+/m0/s1. The van der Waals surface area contributed by atoms with Crippen LogP contribution in [0.25, 0.3) is 0 Å². The molecule has 114 valence electrons. The third-order valence-corrected chi connectivity index (χ3v) is 4.40. The van der Waals surface area contributed by atoms with Crippen LogP contribution in [0.1, 0.15) is 47.5 Å². The number of carbonyl (C=O) groups is 1. The number of rotatable bonds is 4. The van der Waals surface area contributed by atoms with E-state index < -0.39 is 0 Å². The van der Waals surface area contributed by atoms with Crippen LogP contribution in [0.5, 0.6) is 0 Å². The number of hydrazine groups is 1. The van der Waals surface area contributed by atoms with Gasteiger partial charge in [0.25, 0.3) is 5.91 Å². The highest BCUT2D eigenvalue weighted by Gasteiger charge is 2.26. The van der Waals surface area contributed by atoms with Gasteiger partial charge in [-0.3, -0.25) is 10.2 Å². The predicted molar refractivity (Wildman–Crippen MR) is 88.5 cm³/mol. The summed E-state index contributed by atoms with van der Waals surface area (Å²) in [6, 6.07) is 20.2. The van der Waals surface area contributed by atoms with Crippen molar-refractivity contribution in [3.63, 3.8) is 0 Å². The molecule has 1 fully saturated rings. The Morgan fingerprint density at radius 1 is 0.864 bits per heavy atom. The van der Waals surface area contributed by atoms with Crippen molar-refractivity contribution in [2.75, 3.05) is 0 Å². The van der Waals surface area contributed by atoms with Gasteiger partial charge in [0, 0.05) is 17.5 Å². The van der Waals surface area contributed by atoms with Gasteiger partial charge in [-0.05, 0) is 30.5 Å². The summed E-state index contributed by atoms with van der Waals surface area (Å²) >= 11 is 0. The second-order valence-electron chi connectivity index (χ2n) is 5.87. The van der Waals surface area contributed by atoms with E-state index in [1.807, 2.05) is 36.4 Å². The summed E-state index contributed by atoms with van der Waals surface area (Å²) in [5.41, 5.74) is 8.19. The van der Waals surface area contributed by atoms with Crippen molar-refractivity contribution in [3.8, 4) is 0 Å². The number of nitrogens with one attached hydrogen (secondary N) is 2. The molecule has 3 heteroatoms. The Morgan fingerprint density at radius 3 is 2.23 bits per heavy atom. The molecule has 2 aromatic carbocycles. The Morgan fingerprint density at radius 2 is 1.50 bits per heavy atom. The molecule has 22 heavy (non-hydrogen) atoms. The largest absolute Gasteiger partial charge is 0.287 e. The van der Waals surface area contributed by atoms with E-state index in [2.05, 4.69) is 35.1 Å². The van der Waals surface area contributed by atoms with Crippen LogP contribution in [-0.4, -0.2) is 11.9 Å². The summed E-state index contributed by atoms with van der Waals surface area (Å²) in [4.78, 5) is 12.2. The van der Waals surface area contributed by atoms with Gasteiger partial charge in [-0.15, -0.1) is 0 Å². The fourth-order valence-corrected chi connectivity index (χ4v) is 3.22. The molecule has 2 aromatic rings. The number of amides is 1. The molecular weight excluding hydrogens is 272 g/mol. The number of hydrogen-bond acceptors (Lipinski definition) is 2. The first-order valence-corrected chi connectivity index (χ1v) is 8.00. The van der Waals surface area contributed by atoms with Gasteiger partial charge in [-0.25, -0.2) is 5.43 Å². The first kappa shape index (κ1) is 14.8. The monoisotopic (exact) mass is 294 g/mol. The van der Waals surface area contributed by atoms with E-state index in [4.69, 9.17) is 0 Å². The van der Waals surface area contributed by atoms with Crippen LogP contribution in [0.2, 0.25) is 0 Å². The Bertz CT molecular complexity index is 597.